The first-order valence-electron chi connectivity index (χ1n) is 8.60. The first kappa shape index (κ1) is 17.3. The first-order chi connectivity index (χ1) is 11.6. The van der Waals surface area contributed by atoms with Gasteiger partial charge in [0.05, 0.1) is 5.41 Å². The van der Waals surface area contributed by atoms with Gasteiger partial charge in [-0.2, -0.15) is 11.8 Å². The summed E-state index contributed by atoms with van der Waals surface area (Å²) in [5, 5.41) is 0. The van der Waals surface area contributed by atoms with Crippen LogP contribution in [0.4, 0.5) is 0 Å². The van der Waals surface area contributed by atoms with Crippen LogP contribution in [0.15, 0.2) is 24.5 Å². The number of aromatic nitrogens is 1. The topological polar surface area (TPSA) is 53.5 Å². The molecule has 0 N–H and O–H groups in total. The van der Waals surface area contributed by atoms with Crippen LogP contribution in [-0.2, 0) is 16.1 Å². The Morgan fingerprint density at radius 1 is 1.38 bits per heavy atom. The van der Waals surface area contributed by atoms with Crippen molar-refractivity contribution in [3.05, 3.63) is 30.1 Å². The Balaban J connectivity index is 1.65. The van der Waals surface area contributed by atoms with Gasteiger partial charge in [0.25, 0.3) is 0 Å². The van der Waals surface area contributed by atoms with E-state index in [4.69, 9.17) is 0 Å². The third kappa shape index (κ3) is 3.58. The number of hydrogen-bond donors (Lipinski definition) is 0. The summed E-state index contributed by atoms with van der Waals surface area (Å²) in [4.78, 5) is 33.4. The molecule has 1 aromatic heterocycles. The summed E-state index contributed by atoms with van der Waals surface area (Å²) in [6.07, 6.45) is 8.88. The van der Waals surface area contributed by atoms with Gasteiger partial charge in [-0.15, -0.1) is 0 Å². The summed E-state index contributed by atoms with van der Waals surface area (Å²) in [6, 6.07) is 3.91. The first-order valence-corrected chi connectivity index (χ1v) is 9.99. The maximum absolute atomic E-state index is 13.1. The van der Waals surface area contributed by atoms with Crippen LogP contribution in [-0.4, -0.2) is 58.2 Å². The van der Waals surface area contributed by atoms with Crippen molar-refractivity contribution in [3.63, 3.8) is 0 Å². The third-order valence-electron chi connectivity index (χ3n) is 5.15. The Labute approximate surface area is 147 Å². The second-order valence-corrected chi connectivity index (χ2v) is 7.77. The highest BCUT2D eigenvalue weighted by atomic mass is 32.2. The van der Waals surface area contributed by atoms with Gasteiger partial charge in [0.1, 0.15) is 0 Å². The third-order valence-corrected chi connectivity index (χ3v) is 5.76. The Bertz CT molecular complexity index is 595. The minimum atomic E-state index is -0.352. The predicted octanol–water partition coefficient (Wildman–Crippen LogP) is 2.18. The largest absolute Gasteiger partial charge is 0.342 e. The van der Waals surface area contributed by atoms with Gasteiger partial charge in [0, 0.05) is 50.7 Å². The van der Waals surface area contributed by atoms with E-state index in [-0.39, 0.29) is 17.2 Å². The molecule has 6 heteroatoms. The molecule has 24 heavy (non-hydrogen) atoms. The summed E-state index contributed by atoms with van der Waals surface area (Å²) >= 11 is 1.69. The lowest BCUT2D eigenvalue weighted by Crippen LogP contribution is -2.50. The summed E-state index contributed by atoms with van der Waals surface area (Å²) in [6.45, 7) is 2.74. The Hall–Kier alpha value is -1.56. The number of carbonyl (C=O) groups excluding carboxylic acids is 2. The molecule has 0 radical (unpaired) electrons. The fourth-order valence-corrected chi connectivity index (χ4v) is 4.21. The van der Waals surface area contributed by atoms with Crippen LogP contribution in [0.5, 0.6) is 0 Å². The molecular formula is C18H25N3O2S. The summed E-state index contributed by atoms with van der Waals surface area (Å²) in [5.74, 6) is 1.26. The van der Waals surface area contributed by atoms with E-state index in [0.29, 0.717) is 19.5 Å². The molecule has 0 saturated carbocycles. The molecule has 1 aromatic rings. The maximum Gasteiger partial charge on any atom is 0.230 e. The number of hydrogen-bond acceptors (Lipinski definition) is 4. The number of nitrogens with zero attached hydrogens (tertiary/aromatic N) is 3. The molecule has 2 fully saturated rings. The van der Waals surface area contributed by atoms with Crippen LogP contribution in [0.1, 0.15) is 31.2 Å². The zero-order valence-electron chi connectivity index (χ0n) is 14.2. The normalized spacial score (nSPS) is 24.0. The number of amides is 2. The van der Waals surface area contributed by atoms with Crippen molar-refractivity contribution in [1.29, 1.82) is 0 Å². The van der Waals surface area contributed by atoms with Crippen LogP contribution in [0.25, 0.3) is 0 Å². The van der Waals surface area contributed by atoms with Gasteiger partial charge in [-0.05, 0) is 37.1 Å². The lowest BCUT2D eigenvalue weighted by Gasteiger charge is -2.39. The zero-order valence-corrected chi connectivity index (χ0v) is 15.1. The number of carbonyl (C=O) groups is 2. The smallest absolute Gasteiger partial charge is 0.230 e. The summed E-state index contributed by atoms with van der Waals surface area (Å²) < 4.78 is 0. The molecule has 3 rings (SSSR count). The van der Waals surface area contributed by atoms with Crippen molar-refractivity contribution in [1.82, 2.24) is 14.8 Å². The molecule has 2 saturated heterocycles. The van der Waals surface area contributed by atoms with E-state index in [1.54, 1.807) is 18.0 Å². The van der Waals surface area contributed by atoms with E-state index in [2.05, 4.69) is 4.98 Å². The van der Waals surface area contributed by atoms with Gasteiger partial charge >= 0.3 is 0 Å². The average molecular weight is 347 g/mol. The minimum Gasteiger partial charge on any atom is -0.342 e. The van der Waals surface area contributed by atoms with Gasteiger partial charge in [-0.1, -0.05) is 6.07 Å². The second-order valence-electron chi connectivity index (χ2n) is 6.78. The molecule has 5 nitrogen and oxygen atoms in total. The number of rotatable bonds is 5. The molecule has 0 bridgehead atoms. The van der Waals surface area contributed by atoms with Gasteiger partial charge in [0.2, 0.25) is 11.8 Å². The van der Waals surface area contributed by atoms with Crippen molar-refractivity contribution in [2.24, 2.45) is 5.41 Å². The Morgan fingerprint density at radius 3 is 3.00 bits per heavy atom. The zero-order chi connectivity index (χ0) is 17.0. The molecule has 3 heterocycles. The molecule has 0 aliphatic carbocycles. The quantitative estimate of drug-likeness (QED) is 0.819. The highest BCUT2D eigenvalue weighted by molar-refractivity contribution is 7.98. The highest BCUT2D eigenvalue weighted by Gasteiger charge is 2.49. The predicted molar refractivity (Wildman–Crippen MR) is 95.5 cm³/mol. The summed E-state index contributed by atoms with van der Waals surface area (Å²) in [5.41, 5.74) is 0.712. The Kier molecular flexibility index (Phi) is 5.43. The molecular weight excluding hydrogens is 322 g/mol. The number of likely N-dealkylation sites (tertiary alicyclic amines) is 2. The lowest BCUT2D eigenvalue weighted by molar-refractivity contribution is -0.146. The van der Waals surface area contributed by atoms with E-state index in [9.17, 15) is 9.59 Å². The SMILES string of the molecule is CSCCC(=O)N1CC[C@@]2(CCCN(Cc3cccnc3)C2=O)C1. The molecule has 2 amide bonds. The van der Waals surface area contributed by atoms with Crippen molar-refractivity contribution in [2.45, 2.75) is 32.2 Å². The van der Waals surface area contributed by atoms with Crippen molar-refractivity contribution >= 4 is 23.6 Å². The molecule has 1 atom stereocenters. The highest BCUT2D eigenvalue weighted by Crippen LogP contribution is 2.40. The lowest BCUT2D eigenvalue weighted by atomic mass is 9.78. The van der Waals surface area contributed by atoms with Crippen molar-refractivity contribution < 1.29 is 9.59 Å². The number of pyridine rings is 1. The van der Waals surface area contributed by atoms with Crippen LogP contribution in [0.2, 0.25) is 0 Å². The monoisotopic (exact) mass is 347 g/mol. The molecule has 1 spiro atoms. The van der Waals surface area contributed by atoms with Gasteiger partial charge in [-0.25, -0.2) is 0 Å². The van der Waals surface area contributed by atoms with E-state index >= 15 is 0 Å². The molecule has 0 aromatic carbocycles. The molecule has 0 unspecified atom stereocenters. The second kappa shape index (κ2) is 7.55. The van der Waals surface area contributed by atoms with E-state index < -0.39 is 0 Å². The Morgan fingerprint density at radius 2 is 2.25 bits per heavy atom. The van der Waals surface area contributed by atoms with Crippen LogP contribution in [0.3, 0.4) is 0 Å². The van der Waals surface area contributed by atoms with Gasteiger partial charge < -0.3 is 9.80 Å². The van der Waals surface area contributed by atoms with E-state index in [0.717, 1.165) is 43.7 Å². The number of thioether (sulfide) groups is 1. The van der Waals surface area contributed by atoms with E-state index in [1.807, 2.05) is 34.4 Å². The van der Waals surface area contributed by atoms with Gasteiger partial charge in [-0.3, -0.25) is 14.6 Å². The van der Waals surface area contributed by atoms with Gasteiger partial charge in [0.15, 0.2) is 0 Å². The van der Waals surface area contributed by atoms with Crippen LogP contribution >= 0.6 is 11.8 Å². The van der Waals surface area contributed by atoms with Crippen LogP contribution in [0, 0.1) is 5.41 Å². The fourth-order valence-electron chi connectivity index (χ4n) is 3.83. The molecule has 2 aliphatic rings. The molecule has 2 aliphatic heterocycles. The fraction of sp³-hybridized carbons (Fsp3) is 0.611. The minimum absolute atomic E-state index is 0.193. The molecule has 130 valence electrons. The van der Waals surface area contributed by atoms with Crippen molar-refractivity contribution in [3.8, 4) is 0 Å². The summed E-state index contributed by atoms with van der Waals surface area (Å²) in [7, 11) is 0. The number of piperidine rings is 1. The average Bonchev–Trinajstić information content (AvgIpc) is 3.03. The maximum atomic E-state index is 13.1. The van der Waals surface area contributed by atoms with E-state index in [1.165, 1.54) is 0 Å². The van der Waals surface area contributed by atoms with Crippen LogP contribution < -0.4 is 0 Å². The van der Waals surface area contributed by atoms with Crippen molar-refractivity contribution in [2.75, 3.05) is 31.6 Å². The standard InChI is InChI=1S/C18H25N3O2S/c1-24-11-5-16(22)21-10-7-18(14-21)6-3-9-20(17(18)23)13-15-4-2-8-19-12-15/h2,4,8,12H,3,5-7,9-11,13-14H2,1H3/t18-/m0/s1.